The summed E-state index contributed by atoms with van der Waals surface area (Å²) in [5, 5.41) is 0. The molecule has 2 N–H and O–H groups in total. The van der Waals surface area contributed by atoms with Crippen LogP contribution >= 0.6 is 0 Å². The number of aromatic nitrogens is 4. The van der Waals surface area contributed by atoms with Crippen molar-refractivity contribution in [1.29, 1.82) is 0 Å². The third-order valence-corrected chi connectivity index (χ3v) is 14.9. The fourth-order valence-corrected chi connectivity index (χ4v) is 11.5. The second kappa shape index (κ2) is 19.2. The van der Waals surface area contributed by atoms with Gasteiger partial charge in [-0.1, -0.05) is 175 Å². The van der Waals surface area contributed by atoms with Crippen LogP contribution in [-0.4, -0.2) is 19.9 Å². The second-order valence-corrected chi connectivity index (χ2v) is 19.0. The molecule has 0 saturated carbocycles. The molecular formula is C64H70N4. The van der Waals surface area contributed by atoms with Crippen molar-refractivity contribution in [3.8, 4) is 44.5 Å². The second-order valence-electron chi connectivity index (χ2n) is 19.0. The van der Waals surface area contributed by atoms with Crippen LogP contribution in [0, 0.1) is 27.7 Å². The molecule has 0 radical (unpaired) electrons. The van der Waals surface area contributed by atoms with Crippen LogP contribution in [0.1, 0.15) is 148 Å². The van der Waals surface area contributed by atoms with E-state index in [1.54, 1.807) is 0 Å². The largest absolute Gasteiger partial charge is 0.354 e. The minimum atomic E-state index is 0.861. The van der Waals surface area contributed by atoms with E-state index in [0.717, 1.165) is 96.2 Å². The Kier molecular flexibility index (Phi) is 13.2. The molecule has 4 heteroatoms. The minimum Gasteiger partial charge on any atom is -0.354 e. The first-order chi connectivity index (χ1) is 33.0. The SMILES string of the molecule is CCC1=C(CC)c2nc1c(-c1ccc(C)cc1)c1[nH]c(c(CC)c1CC)c(-c1ccc(C)cc1)c1nc(c(-c3ccc(C)cc3)c3[nH]c(c(CC)c3CC)c2-c2ccc(C)cc2)C(CC)=C1CC. The number of allylic oxidation sites excluding steroid dienone is 4. The van der Waals surface area contributed by atoms with Crippen LogP contribution in [0.5, 0.6) is 0 Å². The van der Waals surface area contributed by atoms with E-state index in [1.807, 2.05) is 0 Å². The molecule has 5 heterocycles. The molecule has 4 nitrogen and oxygen atoms in total. The van der Waals surface area contributed by atoms with Gasteiger partial charge in [0.25, 0.3) is 0 Å². The smallest absolute Gasteiger partial charge is 0.0772 e. The van der Waals surface area contributed by atoms with Crippen molar-refractivity contribution in [3.63, 3.8) is 0 Å². The monoisotopic (exact) mass is 895 g/mol. The Hall–Kier alpha value is -6.52. The highest BCUT2D eigenvalue weighted by atomic mass is 14.8. The Balaban J connectivity index is 1.70. The van der Waals surface area contributed by atoms with Crippen LogP contribution in [0.3, 0.4) is 0 Å². The summed E-state index contributed by atoms with van der Waals surface area (Å²) in [6, 6.07) is 36.7. The first kappa shape index (κ1) is 46.6. The summed E-state index contributed by atoms with van der Waals surface area (Å²) in [5.41, 5.74) is 34.0. The Labute approximate surface area is 405 Å². The number of H-pyrrole nitrogens is 2. The summed E-state index contributed by atoms with van der Waals surface area (Å²) in [6.45, 7) is 27.3. The van der Waals surface area contributed by atoms with Crippen LogP contribution in [0.4, 0.5) is 0 Å². The molecule has 0 saturated heterocycles. The number of nitrogens with zero attached hydrogens (tertiary/aromatic N) is 2. The van der Waals surface area contributed by atoms with E-state index < -0.39 is 0 Å². The lowest BCUT2D eigenvalue weighted by Crippen LogP contribution is -1.94. The predicted octanol–water partition coefficient (Wildman–Crippen LogP) is 17.9. The molecule has 0 amide bonds. The highest BCUT2D eigenvalue weighted by Crippen LogP contribution is 2.50. The van der Waals surface area contributed by atoms with Crippen molar-refractivity contribution in [3.05, 3.63) is 164 Å². The highest BCUT2D eigenvalue weighted by Gasteiger charge is 2.31. The van der Waals surface area contributed by atoms with Gasteiger partial charge in [0.05, 0.1) is 44.8 Å². The van der Waals surface area contributed by atoms with Crippen LogP contribution in [-0.2, 0) is 25.7 Å². The predicted molar refractivity (Wildman–Crippen MR) is 294 cm³/mol. The molecule has 68 heavy (non-hydrogen) atoms. The summed E-state index contributed by atoms with van der Waals surface area (Å²) >= 11 is 0. The zero-order valence-corrected chi connectivity index (χ0v) is 42.8. The topological polar surface area (TPSA) is 57.4 Å². The first-order valence-electron chi connectivity index (χ1n) is 25.7. The molecule has 8 bridgehead atoms. The van der Waals surface area contributed by atoms with Crippen molar-refractivity contribution in [2.45, 2.75) is 134 Å². The third kappa shape index (κ3) is 7.80. The van der Waals surface area contributed by atoms with Gasteiger partial charge in [-0.15, -0.1) is 0 Å². The van der Waals surface area contributed by atoms with E-state index >= 15 is 0 Å². The van der Waals surface area contributed by atoms with Gasteiger partial charge in [-0.25, -0.2) is 9.97 Å². The van der Waals surface area contributed by atoms with Crippen molar-refractivity contribution in [2.75, 3.05) is 0 Å². The maximum atomic E-state index is 6.07. The third-order valence-electron chi connectivity index (χ3n) is 14.9. The molecule has 3 aromatic heterocycles. The molecule has 7 aromatic rings. The van der Waals surface area contributed by atoms with Gasteiger partial charge in [-0.05, 0) is 146 Å². The van der Waals surface area contributed by atoms with Crippen LogP contribution in [0.25, 0.3) is 88.9 Å². The van der Waals surface area contributed by atoms with Gasteiger partial charge >= 0.3 is 0 Å². The quantitative estimate of drug-likeness (QED) is 0.128. The summed E-state index contributed by atoms with van der Waals surface area (Å²) in [5.74, 6) is 0. The highest BCUT2D eigenvalue weighted by molar-refractivity contribution is 6.09. The van der Waals surface area contributed by atoms with Gasteiger partial charge < -0.3 is 9.97 Å². The number of rotatable bonds is 12. The number of aromatic amines is 2. The van der Waals surface area contributed by atoms with Crippen molar-refractivity contribution >= 4 is 44.4 Å². The van der Waals surface area contributed by atoms with Gasteiger partial charge in [0.1, 0.15) is 0 Å². The normalized spacial score (nSPS) is 12.8. The molecule has 0 atom stereocenters. The zero-order chi connectivity index (χ0) is 48.0. The van der Waals surface area contributed by atoms with E-state index in [0.29, 0.717) is 0 Å². The molecule has 346 valence electrons. The number of aryl methyl sites for hydroxylation is 8. The Morgan fingerprint density at radius 1 is 0.279 bits per heavy atom. The molecule has 4 aromatic carbocycles. The zero-order valence-electron chi connectivity index (χ0n) is 42.8. The van der Waals surface area contributed by atoms with Gasteiger partial charge in [0, 0.05) is 22.3 Å². The van der Waals surface area contributed by atoms with E-state index in [9.17, 15) is 0 Å². The lowest BCUT2D eigenvalue weighted by Gasteiger charge is -2.12. The van der Waals surface area contributed by atoms with Crippen LogP contribution in [0.2, 0.25) is 0 Å². The Morgan fingerprint density at radius 3 is 0.632 bits per heavy atom. The van der Waals surface area contributed by atoms with Gasteiger partial charge in [-0.3, -0.25) is 0 Å². The summed E-state index contributed by atoms with van der Waals surface area (Å²) < 4.78 is 0. The first-order valence-corrected chi connectivity index (χ1v) is 25.7. The number of hydrogen-bond acceptors (Lipinski definition) is 2. The average molecular weight is 895 g/mol. The number of hydrogen-bond donors (Lipinski definition) is 2. The average Bonchev–Trinajstić information content (AvgIpc) is 4.11. The minimum absolute atomic E-state index is 0.861. The molecule has 0 fully saturated rings. The number of fused-ring (bicyclic) bond motifs is 8. The van der Waals surface area contributed by atoms with Crippen molar-refractivity contribution in [1.82, 2.24) is 19.9 Å². The lowest BCUT2D eigenvalue weighted by molar-refractivity contribution is 1.07. The van der Waals surface area contributed by atoms with Gasteiger partial charge in [0.15, 0.2) is 0 Å². The fourth-order valence-electron chi connectivity index (χ4n) is 11.5. The molecule has 9 rings (SSSR count). The van der Waals surface area contributed by atoms with E-state index in [2.05, 4.69) is 190 Å². The number of nitrogens with one attached hydrogen (secondary N) is 2. The molecular weight excluding hydrogens is 825 g/mol. The van der Waals surface area contributed by atoms with E-state index in [1.165, 1.54) is 111 Å². The molecule has 2 aliphatic heterocycles. The lowest BCUT2D eigenvalue weighted by atomic mass is 9.89. The maximum Gasteiger partial charge on any atom is 0.0772 e. The summed E-state index contributed by atoms with van der Waals surface area (Å²) in [6.07, 6.45) is 6.94. The standard InChI is InChI=1S/C64H70N4/c1-13-45-46(14-2)58-54(42-31-23-38(10)24-32-42)60-49(17-5)50(18-6)62(67-60)56(44-35-27-40(12)28-36-44)64-52(20-8)51(19-7)63(68-64)55(43-33-25-39(11)26-34-43)61-48(16-4)47(15-3)59(66-61)53(57(45)65-58)41-29-21-37(9)22-30-41/h21-36,65,68H,13-20H2,1-12H3. The van der Waals surface area contributed by atoms with Crippen LogP contribution < -0.4 is 0 Å². The van der Waals surface area contributed by atoms with E-state index in [4.69, 9.17) is 9.97 Å². The van der Waals surface area contributed by atoms with Crippen LogP contribution in [0.15, 0.2) is 97.1 Å². The molecule has 2 aliphatic rings. The van der Waals surface area contributed by atoms with Gasteiger partial charge in [0.2, 0.25) is 0 Å². The van der Waals surface area contributed by atoms with Crippen molar-refractivity contribution < 1.29 is 0 Å². The summed E-state index contributed by atoms with van der Waals surface area (Å²) in [4.78, 5) is 20.7. The van der Waals surface area contributed by atoms with Gasteiger partial charge in [-0.2, -0.15) is 0 Å². The molecule has 0 unspecified atom stereocenters. The molecule has 0 spiro atoms. The van der Waals surface area contributed by atoms with Crippen molar-refractivity contribution in [2.24, 2.45) is 0 Å². The molecule has 0 aliphatic carbocycles. The number of benzene rings is 4. The van der Waals surface area contributed by atoms with E-state index in [-0.39, 0.29) is 0 Å². The Bertz CT molecular complexity index is 2850. The fraction of sp³-hybridized carbons (Fsp3) is 0.312. The Morgan fingerprint density at radius 2 is 0.471 bits per heavy atom. The summed E-state index contributed by atoms with van der Waals surface area (Å²) in [7, 11) is 0. The maximum absolute atomic E-state index is 6.07.